The number of carbonyl (C=O) groups excluding carboxylic acids is 2. The molecule has 0 aliphatic heterocycles. The van der Waals surface area contributed by atoms with Gasteiger partial charge in [-0.25, -0.2) is 19.6 Å². The molecule has 0 radical (unpaired) electrons. The molecule has 4 nitrogen and oxygen atoms in total. The minimum absolute atomic E-state index is 0. The Labute approximate surface area is 120 Å². The van der Waals surface area contributed by atoms with E-state index in [9.17, 15) is 9.59 Å². The molecule has 0 unspecified atom stereocenters. The molecule has 0 amide bonds. The molecule has 0 aromatic carbocycles. The van der Waals surface area contributed by atoms with Gasteiger partial charge in [-0.15, -0.1) is 0 Å². The first-order valence-electron chi connectivity index (χ1n) is 3.99. The van der Waals surface area contributed by atoms with E-state index in [1.165, 1.54) is 12.2 Å². The monoisotopic (exact) mass is 208 g/mol. The van der Waals surface area contributed by atoms with E-state index in [2.05, 4.69) is 9.98 Å². The van der Waals surface area contributed by atoms with Gasteiger partial charge < -0.3 is 0 Å². The summed E-state index contributed by atoms with van der Waals surface area (Å²) in [4.78, 5) is 26.1. The number of rotatable bonds is 7. The third-order valence-electron chi connectivity index (χ3n) is 1.42. The Morgan fingerprint density at radius 1 is 0.769 bits per heavy atom. The van der Waals surface area contributed by atoms with Gasteiger partial charge in [0.1, 0.15) is 0 Å². The zero-order valence-corrected chi connectivity index (χ0v) is 6.95. The van der Waals surface area contributed by atoms with Crippen LogP contribution in [0.1, 0.15) is 25.7 Å². The molecule has 0 N–H and O–H groups in total. The first kappa shape index (κ1) is 15.9. The number of unbranched alkanes of at least 4 members (excludes halogenated alkanes) is 3. The Morgan fingerprint density at radius 3 is 1.46 bits per heavy atom. The Morgan fingerprint density at radius 2 is 1.15 bits per heavy atom. The summed E-state index contributed by atoms with van der Waals surface area (Å²) in [5, 5.41) is 0. The summed E-state index contributed by atoms with van der Waals surface area (Å²) in [5.74, 6) is 0. The zero-order valence-electron chi connectivity index (χ0n) is 6.95. The summed E-state index contributed by atoms with van der Waals surface area (Å²) in [6, 6.07) is 0. The summed E-state index contributed by atoms with van der Waals surface area (Å²) in [7, 11) is 0. The first-order chi connectivity index (χ1) is 5.91. The summed E-state index contributed by atoms with van der Waals surface area (Å²) in [6.07, 6.45) is 6.80. The van der Waals surface area contributed by atoms with Gasteiger partial charge in [0.2, 0.25) is 12.2 Å². The molecule has 0 saturated carbocycles. The van der Waals surface area contributed by atoms with Gasteiger partial charge in [-0.3, -0.25) is 0 Å². The van der Waals surface area contributed by atoms with Gasteiger partial charge in [0.25, 0.3) is 0 Å². The van der Waals surface area contributed by atoms with E-state index in [1.807, 2.05) is 0 Å². The molecule has 0 rings (SSSR count). The van der Waals surface area contributed by atoms with Crippen LogP contribution in [0.5, 0.6) is 0 Å². The number of hydrogen-bond acceptors (Lipinski definition) is 4. The van der Waals surface area contributed by atoms with Crippen LogP contribution in [0.25, 0.3) is 0 Å². The maximum atomic E-state index is 9.63. The molecular formula is C8H13KN2O2. The summed E-state index contributed by atoms with van der Waals surface area (Å²) < 4.78 is 0. The van der Waals surface area contributed by atoms with Crippen molar-refractivity contribution >= 4 is 63.5 Å². The summed E-state index contributed by atoms with van der Waals surface area (Å²) in [5.41, 5.74) is 0. The van der Waals surface area contributed by atoms with Crippen LogP contribution in [0.15, 0.2) is 9.98 Å². The second kappa shape index (κ2) is 14.9. The number of hydrogen-bond donors (Lipinski definition) is 0. The van der Waals surface area contributed by atoms with Gasteiger partial charge in [-0.2, -0.15) is 0 Å². The molecule has 68 valence electrons. The van der Waals surface area contributed by atoms with Gasteiger partial charge in [-0.05, 0) is 12.8 Å². The van der Waals surface area contributed by atoms with E-state index in [4.69, 9.17) is 0 Å². The third kappa shape index (κ3) is 15.2. The Bertz CT molecular complexity index is 174. The zero-order chi connectivity index (χ0) is 9.07. The van der Waals surface area contributed by atoms with Crippen LogP contribution in [0.3, 0.4) is 0 Å². The van der Waals surface area contributed by atoms with Crippen molar-refractivity contribution in [1.29, 1.82) is 0 Å². The summed E-state index contributed by atoms with van der Waals surface area (Å²) in [6.45, 7) is 1.11. The van der Waals surface area contributed by atoms with Crippen molar-refractivity contribution in [1.82, 2.24) is 0 Å². The fourth-order valence-corrected chi connectivity index (χ4v) is 0.827. The van der Waals surface area contributed by atoms with Crippen LogP contribution in [0, 0.1) is 0 Å². The standard InChI is InChI=1S/C8H12N2O2.K.H/c11-7-9-5-3-1-2-4-6-10-8-12;;/h1-6H2;;. The minimum atomic E-state index is 0. The fraction of sp³-hybridized carbons (Fsp3) is 0.750. The quantitative estimate of drug-likeness (QED) is 0.266. The van der Waals surface area contributed by atoms with Crippen LogP contribution in [0.2, 0.25) is 0 Å². The fourth-order valence-electron chi connectivity index (χ4n) is 0.827. The van der Waals surface area contributed by atoms with E-state index in [0.717, 1.165) is 25.7 Å². The molecule has 0 atom stereocenters. The van der Waals surface area contributed by atoms with Crippen molar-refractivity contribution < 1.29 is 9.59 Å². The topological polar surface area (TPSA) is 58.9 Å². The first-order valence-corrected chi connectivity index (χ1v) is 3.99. The number of aliphatic imine (C=N–C) groups is 2. The molecular weight excluding hydrogens is 195 g/mol. The predicted octanol–water partition coefficient (Wildman–Crippen LogP) is 0.570. The van der Waals surface area contributed by atoms with Crippen LogP contribution >= 0.6 is 0 Å². The van der Waals surface area contributed by atoms with E-state index < -0.39 is 0 Å². The molecule has 0 fully saturated rings. The summed E-state index contributed by atoms with van der Waals surface area (Å²) >= 11 is 0. The molecule has 5 heteroatoms. The molecule has 0 spiro atoms. The predicted molar refractivity (Wildman–Crippen MR) is 51.6 cm³/mol. The third-order valence-corrected chi connectivity index (χ3v) is 1.42. The molecule has 0 bridgehead atoms. The van der Waals surface area contributed by atoms with Gasteiger partial charge in [0.05, 0.1) is 13.1 Å². The van der Waals surface area contributed by atoms with Crippen molar-refractivity contribution in [3.63, 3.8) is 0 Å². The van der Waals surface area contributed by atoms with Gasteiger partial charge in [-0.1, -0.05) is 12.8 Å². The Hall–Kier alpha value is 0.396. The number of isocyanates is 2. The van der Waals surface area contributed by atoms with Gasteiger partial charge >= 0.3 is 51.4 Å². The molecule has 13 heavy (non-hydrogen) atoms. The maximum absolute atomic E-state index is 9.63. The van der Waals surface area contributed by atoms with E-state index in [-0.39, 0.29) is 51.4 Å². The number of nitrogens with zero attached hydrogens (tertiary/aromatic N) is 2. The average Bonchev–Trinajstić information content (AvgIpc) is 2.10. The van der Waals surface area contributed by atoms with Crippen molar-refractivity contribution in [2.24, 2.45) is 9.98 Å². The van der Waals surface area contributed by atoms with E-state index in [1.54, 1.807) is 0 Å². The SMILES string of the molecule is O=C=NCCCCCCN=C=O.[KH]. The van der Waals surface area contributed by atoms with Crippen molar-refractivity contribution in [3.8, 4) is 0 Å². The Balaban J connectivity index is 0. The second-order valence-electron chi connectivity index (χ2n) is 2.36. The molecule has 0 aromatic rings. The second-order valence-corrected chi connectivity index (χ2v) is 2.36. The van der Waals surface area contributed by atoms with Crippen molar-refractivity contribution in [2.45, 2.75) is 25.7 Å². The van der Waals surface area contributed by atoms with Crippen LogP contribution in [-0.4, -0.2) is 76.6 Å². The van der Waals surface area contributed by atoms with Gasteiger partial charge in [0, 0.05) is 0 Å². The van der Waals surface area contributed by atoms with Crippen LogP contribution in [0.4, 0.5) is 0 Å². The molecule has 0 aliphatic rings. The normalized spacial score (nSPS) is 7.69. The van der Waals surface area contributed by atoms with Crippen LogP contribution in [-0.2, 0) is 9.59 Å². The Kier molecular flexibility index (Phi) is 18.2. The van der Waals surface area contributed by atoms with E-state index >= 15 is 0 Å². The van der Waals surface area contributed by atoms with Gasteiger partial charge in [0.15, 0.2) is 0 Å². The van der Waals surface area contributed by atoms with Crippen molar-refractivity contribution in [2.75, 3.05) is 13.1 Å². The average molecular weight is 208 g/mol. The molecule has 0 aliphatic carbocycles. The van der Waals surface area contributed by atoms with Crippen LogP contribution < -0.4 is 0 Å². The van der Waals surface area contributed by atoms with E-state index in [0.29, 0.717) is 13.1 Å². The molecule has 0 saturated heterocycles. The van der Waals surface area contributed by atoms with Crippen molar-refractivity contribution in [3.05, 3.63) is 0 Å². The molecule has 0 heterocycles. The molecule has 0 aromatic heterocycles.